The van der Waals surface area contributed by atoms with Gasteiger partial charge in [-0.25, -0.2) is 0 Å². The highest BCUT2D eigenvalue weighted by Gasteiger charge is 2.18. The third kappa shape index (κ3) is 2.58. The molecule has 0 amide bonds. The largest absolute Gasteiger partial charge is 0.393 e. The van der Waals surface area contributed by atoms with Crippen molar-refractivity contribution in [2.75, 3.05) is 0 Å². The van der Waals surface area contributed by atoms with E-state index in [9.17, 15) is 15.2 Å². The molecule has 0 aliphatic heterocycles. The van der Waals surface area contributed by atoms with Gasteiger partial charge >= 0.3 is 0 Å². The summed E-state index contributed by atoms with van der Waals surface area (Å²) < 4.78 is 0. The Morgan fingerprint density at radius 3 is 2.56 bits per heavy atom. The van der Waals surface area contributed by atoms with Gasteiger partial charge in [-0.3, -0.25) is 10.1 Å². The van der Waals surface area contributed by atoms with Crippen LogP contribution in [0.25, 0.3) is 0 Å². The van der Waals surface area contributed by atoms with Crippen LogP contribution in [-0.4, -0.2) is 16.1 Å². The molecule has 2 atom stereocenters. The standard InChI is InChI=1S/C12H17NO3/c1-4-12(14)9(3)11-6-5-10(13(15)16)7-8(11)2/h5-7,9,12,14H,4H2,1-3H3. The molecule has 4 nitrogen and oxygen atoms in total. The summed E-state index contributed by atoms with van der Waals surface area (Å²) in [5.41, 5.74) is 1.92. The highest BCUT2D eigenvalue weighted by molar-refractivity contribution is 5.40. The number of rotatable bonds is 4. The number of hydrogen-bond donors (Lipinski definition) is 1. The van der Waals surface area contributed by atoms with Crippen LogP contribution in [0, 0.1) is 17.0 Å². The van der Waals surface area contributed by atoms with Crippen molar-refractivity contribution in [3.63, 3.8) is 0 Å². The molecule has 1 rings (SSSR count). The normalized spacial score (nSPS) is 14.5. The van der Waals surface area contributed by atoms with Gasteiger partial charge in [0, 0.05) is 18.1 Å². The number of non-ortho nitro benzene ring substituents is 1. The van der Waals surface area contributed by atoms with E-state index < -0.39 is 11.0 Å². The van der Waals surface area contributed by atoms with Crippen molar-refractivity contribution in [1.29, 1.82) is 0 Å². The van der Waals surface area contributed by atoms with Crippen molar-refractivity contribution < 1.29 is 10.0 Å². The molecule has 1 aromatic rings. The molecule has 0 spiro atoms. The van der Waals surface area contributed by atoms with Gasteiger partial charge in [0.15, 0.2) is 0 Å². The fourth-order valence-electron chi connectivity index (χ4n) is 1.85. The molecule has 0 radical (unpaired) electrons. The summed E-state index contributed by atoms with van der Waals surface area (Å²) in [6, 6.07) is 4.77. The first-order chi connectivity index (χ1) is 7.47. The average molecular weight is 223 g/mol. The maximum atomic E-state index is 10.6. The van der Waals surface area contributed by atoms with Crippen LogP contribution >= 0.6 is 0 Å². The van der Waals surface area contributed by atoms with Gasteiger partial charge in [0.25, 0.3) is 5.69 Å². The van der Waals surface area contributed by atoms with Gasteiger partial charge in [-0.15, -0.1) is 0 Å². The molecule has 0 aliphatic rings. The van der Waals surface area contributed by atoms with E-state index in [1.807, 2.05) is 20.8 Å². The summed E-state index contributed by atoms with van der Waals surface area (Å²) in [7, 11) is 0. The smallest absolute Gasteiger partial charge is 0.269 e. The highest BCUT2D eigenvalue weighted by atomic mass is 16.6. The molecule has 16 heavy (non-hydrogen) atoms. The summed E-state index contributed by atoms with van der Waals surface area (Å²) >= 11 is 0. The Kier molecular flexibility index (Phi) is 4.01. The summed E-state index contributed by atoms with van der Waals surface area (Å²) in [4.78, 5) is 10.2. The number of hydrogen-bond acceptors (Lipinski definition) is 3. The van der Waals surface area contributed by atoms with Gasteiger partial charge in [0.1, 0.15) is 0 Å². The van der Waals surface area contributed by atoms with Crippen LogP contribution in [0.5, 0.6) is 0 Å². The van der Waals surface area contributed by atoms with E-state index in [0.29, 0.717) is 6.42 Å². The molecule has 2 unspecified atom stereocenters. The molecule has 0 bridgehead atoms. The first-order valence-corrected chi connectivity index (χ1v) is 5.40. The number of nitro benzene ring substituents is 1. The molecular formula is C12H17NO3. The lowest BCUT2D eigenvalue weighted by Gasteiger charge is -2.19. The number of benzene rings is 1. The summed E-state index contributed by atoms with van der Waals surface area (Å²) in [6.07, 6.45) is 0.276. The second kappa shape index (κ2) is 5.07. The van der Waals surface area contributed by atoms with E-state index in [1.165, 1.54) is 6.07 Å². The molecule has 88 valence electrons. The van der Waals surface area contributed by atoms with Crippen molar-refractivity contribution in [1.82, 2.24) is 0 Å². The average Bonchev–Trinajstić information content (AvgIpc) is 2.26. The quantitative estimate of drug-likeness (QED) is 0.630. The number of aliphatic hydroxyl groups excluding tert-OH is 1. The van der Waals surface area contributed by atoms with E-state index in [-0.39, 0.29) is 11.6 Å². The second-order valence-corrected chi connectivity index (χ2v) is 4.06. The lowest BCUT2D eigenvalue weighted by atomic mass is 9.90. The van der Waals surface area contributed by atoms with E-state index in [1.54, 1.807) is 12.1 Å². The molecule has 0 fully saturated rings. The molecule has 1 N–H and O–H groups in total. The minimum absolute atomic E-state index is 0.00537. The Hall–Kier alpha value is -1.42. The van der Waals surface area contributed by atoms with E-state index in [2.05, 4.69) is 0 Å². The zero-order valence-corrected chi connectivity index (χ0v) is 9.80. The highest BCUT2D eigenvalue weighted by Crippen LogP contribution is 2.27. The minimum Gasteiger partial charge on any atom is -0.393 e. The maximum absolute atomic E-state index is 10.6. The lowest BCUT2D eigenvalue weighted by molar-refractivity contribution is -0.384. The SMILES string of the molecule is CCC(O)C(C)c1ccc([N+](=O)[O-])cc1C. The van der Waals surface area contributed by atoms with Crippen LogP contribution < -0.4 is 0 Å². The minimum atomic E-state index is -0.405. The molecule has 0 saturated carbocycles. The van der Waals surface area contributed by atoms with E-state index in [4.69, 9.17) is 0 Å². The van der Waals surface area contributed by atoms with Gasteiger partial charge in [-0.1, -0.05) is 19.9 Å². The summed E-state index contributed by atoms with van der Waals surface area (Å²) in [6.45, 7) is 5.69. The maximum Gasteiger partial charge on any atom is 0.269 e. The van der Waals surface area contributed by atoms with Crippen LogP contribution in [0.1, 0.15) is 37.3 Å². The van der Waals surface area contributed by atoms with Crippen molar-refractivity contribution in [3.05, 3.63) is 39.4 Å². The Labute approximate surface area is 95.1 Å². The van der Waals surface area contributed by atoms with E-state index >= 15 is 0 Å². The molecule has 0 aliphatic carbocycles. The van der Waals surface area contributed by atoms with Crippen LogP contribution in [0.15, 0.2) is 18.2 Å². The Bertz CT molecular complexity index is 390. The van der Waals surface area contributed by atoms with Gasteiger partial charge in [-0.05, 0) is 24.5 Å². The molecular weight excluding hydrogens is 206 g/mol. The Morgan fingerprint density at radius 2 is 2.12 bits per heavy atom. The van der Waals surface area contributed by atoms with E-state index in [0.717, 1.165) is 11.1 Å². The van der Waals surface area contributed by atoms with Crippen molar-refractivity contribution in [3.8, 4) is 0 Å². The van der Waals surface area contributed by atoms with Crippen LogP contribution in [0.3, 0.4) is 0 Å². The molecule has 1 aromatic carbocycles. The van der Waals surface area contributed by atoms with Crippen molar-refractivity contribution >= 4 is 5.69 Å². The molecule has 0 saturated heterocycles. The van der Waals surface area contributed by atoms with Crippen molar-refractivity contribution in [2.45, 2.75) is 39.2 Å². The second-order valence-electron chi connectivity index (χ2n) is 4.06. The predicted octanol–water partition coefficient (Wildman–Crippen LogP) is 2.78. The first kappa shape index (κ1) is 12.6. The third-order valence-corrected chi connectivity index (χ3v) is 2.95. The number of aryl methyl sites for hydroxylation is 1. The van der Waals surface area contributed by atoms with Gasteiger partial charge in [-0.2, -0.15) is 0 Å². The number of nitro groups is 1. The van der Waals surface area contributed by atoms with Gasteiger partial charge in [0.2, 0.25) is 0 Å². The fourth-order valence-corrected chi connectivity index (χ4v) is 1.85. The van der Waals surface area contributed by atoms with Gasteiger partial charge < -0.3 is 5.11 Å². The lowest BCUT2D eigenvalue weighted by Crippen LogP contribution is -2.15. The summed E-state index contributed by atoms with van der Waals surface area (Å²) in [5.74, 6) is 0.00537. The zero-order chi connectivity index (χ0) is 12.3. The molecule has 4 heteroatoms. The van der Waals surface area contributed by atoms with Gasteiger partial charge in [0.05, 0.1) is 11.0 Å². The number of aliphatic hydroxyl groups is 1. The van der Waals surface area contributed by atoms with Crippen LogP contribution in [0.2, 0.25) is 0 Å². The first-order valence-electron chi connectivity index (χ1n) is 5.40. The van der Waals surface area contributed by atoms with Crippen LogP contribution in [0.4, 0.5) is 5.69 Å². The molecule has 0 aromatic heterocycles. The Balaban J connectivity index is 3.03. The Morgan fingerprint density at radius 1 is 1.50 bits per heavy atom. The summed E-state index contributed by atoms with van der Waals surface area (Å²) in [5, 5.41) is 20.3. The molecule has 0 heterocycles. The van der Waals surface area contributed by atoms with Crippen LogP contribution in [-0.2, 0) is 0 Å². The third-order valence-electron chi connectivity index (χ3n) is 2.95. The monoisotopic (exact) mass is 223 g/mol. The predicted molar refractivity (Wildman–Crippen MR) is 62.5 cm³/mol. The number of nitrogens with zero attached hydrogens (tertiary/aromatic N) is 1. The fraction of sp³-hybridized carbons (Fsp3) is 0.500. The topological polar surface area (TPSA) is 63.4 Å². The zero-order valence-electron chi connectivity index (χ0n) is 9.80. The van der Waals surface area contributed by atoms with Crippen molar-refractivity contribution in [2.24, 2.45) is 0 Å².